The Bertz CT molecular complexity index is 465. The molecule has 0 amide bonds. The van der Waals surface area contributed by atoms with E-state index >= 15 is 0 Å². The number of pyridine rings is 1. The van der Waals surface area contributed by atoms with Crippen LogP contribution in [0, 0.1) is 3.70 Å². The molecule has 0 saturated carbocycles. The van der Waals surface area contributed by atoms with Crippen molar-refractivity contribution in [2.24, 2.45) is 5.73 Å². The molecule has 0 bridgehead atoms. The maximum atomic E-state index is 12.2. The van der Waals surface area contributed by atoms with Gasteiger partial charge in [-0.15, -0.1) is 13.2 Å². The van der Waals surface area contributed by atoms with Crippen LogP contribution in [0.5, 0.6) is 5.88 Å². The number of carbonyl (C=O) groups is 1. The van der Waals surface area contributed by atoms with Crippen LogP contribution >= 0.6 is 22.6 Å². The first-order chi connectivity index (χ1) is 8.28. The van der Waals surface area contributed by atoms with E-state index < -0.39 is 23.8 Å². The lowest BCUT2D eigenvalue weighted by Crippen LogP contribution is -2.21. The summed E-state index contributed by atoms with van der Waals surface area (Å²) in [5, 5.41) is 0. The van der Waals surface area contributed by atoms with Crippen LogP contribution in [0.2, 0.25) is 0 Å². The van der Waals surface area contributed by atoms with Crippen molar-refractivity contribution < 1.29 is 27.4 Å². The van der Waals surface area contributed by atoms with Gasteiger partial charge in [-0.25, -0.2) is 9.78 Å². The Labute approximate surface area is 114 Å². The number of hydrogen-bond donors (Lipinski definition) is 1. The highest BCUT2D eigenvalue weighted by Gasteiger charge is 2.34. The maximum Gasteiger partial charge on any atom is 0.574 e. The highest BCUT2D eigenvalue weighted by Crippen LogP contribution is 2.27. The third-order valence-corrected chi connectivity index (χ3v) is 2.79. The number of methoxy groups -OCH3 is 1. The molecule has 0 spiro atoms. The molecule has 0 fully saturated rings. The first-order valence-electron chi connectivity index (χ1n) is 4.52. The molecular formula is C9H8F3IN2O3. The SMILES string of the molecule is COC(=O)c1cc(CN)c(I)nc1OC(F)(F)F. The average molecular weight is 376 g/mol. The first kappa shape index (κ1) is 15.0. The highest BCUT2D eigenvalue weighted by molar-refractivity contribution is 14.1. The predicted octanol–water partition coefficient (Wildman–Crippen LogP) is 1.83. The molecule has 9 heteroatoms. The molecule has 0 atom stereocenters. The monoisotopic (exact) mass is 376 g/mol. The zero-order valence-corrected chi connectivity index (χ0v) is 11.2. The Hall–Kier alpha value is -1.10. The number of esters is 1. The molecule has 1 aromatic rings. The van der Waals surface area contributed by atoms with Crippen molar-refractivity contribution in [1.82, 2.24) is 4.98 Å². The third-order valence-electron chi connectivity index (χ3n) is 1.85. The molecule has 0 aliphatic carbocycles. The minimum atomic E-state index is -4.94. The van der Waals surface area contributed by atoms with E-state index in [4.69, 9.17) is 5.73 Å². The van der Waals surface area contributed by atoms with Crippen molar-refractivity contribution >= 4 is 28.6 Å². The normalized spacial score (nSPS) is 11.2. The second kappa shape index (κ2) is 5.69. The molecule has 100 valence electrons. The molecule has 0 saturated heterocycles. The van der Waals surface area contributed by atoms with Gasteiger partial charge >= 0.3 is 12.3 Å². The molecule has 5 nitrogen and oxygen atoms in total. The Balaban J connectivity index is 3.30. The number of rotatable bonds is 3. The van der Waals surface area contributed by atoms with E-state index in [0.29, 0.717) is 5.56 Å². The highest BCUT2D eigenvalue weighted by atomic mass is 127. The van der Waals surface area contributed by atoms with E-state index in [0.717, 1.165) is 7.11 Å². The molecule has 1 aromatic heterocycles. The van der Waals surface area contributed by atoms with Crippen LogP contribution in [0.25, 0.3) is 0 Å². The van der Waals surface area contributed by atoms with E-state index in [1.165, 1.54) is 6.07 Å². The summed E-state index contributed by atoms with van der Waals surface area (Å²) in [6.45, 7) is 0.0293. The summed E-state index contributed by atoms with van der Waals surface area (Å²) in [7, 11) is 1.04. The summed E-state index contributed by atoms with van der Waals surface area (Å²) in [5.41, 5.74) is 5.38. The van der Waals surface area contributed by atoms with Gasteiger partial charge in [0.1, 0.15) is 9.26 Å². The average Bonchev–Trinajstić information content (AvgIpc) is 2.26. The van der Waals surface area contributed by atoms with Gasteiger partial charge in [-0.2, -0.15) is 0 Å². The van der Waals surface area contributed by atoms with Gasteiger partial charge in [0.15, 0.2) is 0 Å². The van der Waals surface area contributed by atoms with Crippen molar-refractivity contribution in [2.75, 3.05) is 7.11 Å². The topological polar surface area (TPSA) is 74.4 Å². The third kappa shape index (κ3) is 3.70. The van der Waals surface area contributed by atoms with Gasteiger partial charge in [-0.1, -0.05) is 0 Å². The van der Waals surface area contributed by atoms with Gasteiger partial charge in [0.2, 0.25) is 5.88 Å². The number of hydrogen-bond acceptors (Lipinski definition) is 5. The van der Waals surface area contributed by atoms with Gasteiger partial charge in [0.25, 0.3) is 0 Å². The molecule has 0 aliphatic rings. The number of nitrogens with zero attached hydrogens (tertiary/aromatic N) is 1. The zero-order chi connectivity index (χ0) is 13.9. The molecule has 18 heavy (non-hydrogen) atoms. The Kier molecular flexibility index (Phi) is 4.73. The van der Waals surface area contributed by atoms with Crippen LogP contribution in [-0.4, -0.2) is 24.4 Å². The Morgan fingerprint density at radius 2 is 2.17 bits per heavy atom. The lowest BCUT2D eigenvalue weighted by molar-refractivity contribution is -0.276. The van der Waals surface area contributed by atoms with Gasteiger partial charge in [0, 0.05) is 6.54 Å². The predicted molar refractivity (Wildman–Crippen MR) is 62.9 cm³/mol. The van der Waals surface area contributed by atoms with Crippen LogP contribution in [-0.2, 0) is 11.3 Å². The van der Waals surface area contributed by atoms with Crippen LogP contribution in [0.15, 0.2) is 6.07 Å². The van der Waals surface area contributed by atoms with Crippen LogP contribution < -0.4 is 10.5 Å². The van der Waals surface area contributed by atoms with Crippen LogP contribution in [0.3, 0.4) is 0 Å². The van der Waals surface area contributed by atoms with Gasteiger partial charge < -0.3 is 15.2 Å². The fraction of sp³-hybridized carbons (Fsp3) is 0.333. The molecule has 0 radical (unpaired) electrons. The number of alkyl halides is 3. The molecule has 0 aromatic carbocycles. The zero-order valence-electron chi connectivity index (χ0n) is 9.05. The Morgan fingerprint density at radius 1 is 1.56 bits per heavy atom. The second-order valence-electron chi connectivity index (χ2n) is 3.03. The first-order valence-corrected chi connectivity index (χ1v) is 5.60. The summed E-state index contributed by atoms with van der Waals surface area (Å²) < 4.78 is 44.7. The lowest BCUT2D eigenvalue weighted by Gasteiger charge is -2.13. The summed E-state index contributed by atoms with van der Waals surface area (Å²) in [6.07, 6.45) is -4.94. The van der Waals surface area contributed by atoms with Crippen LogP contribution in [0.1, 0.15) is 15.9 Å². The summed E-state index contributed by atoms with van der Waals surface area (Å²) in [4.78, 5) is 14.9. The molecule has 0 aliphatic heterocycles. The second-order valence-corrected chi connectivity index (χ2v) is 4.06. The number of ether oxygens (including phenoxy) is 2. The van der Waals surface area contributed by atoms with Crippen molar-refractivity contribution in [1.29, 1.82) is 0 Å². The molecule has 0 unspecified atom stereocenters. The van der Waals surface area contributed by atoms with E-state index in [9.17, 15) is 18.0 Å². The largest absolute Gasteiger partial charge is 0.574 e. The summed E-state index contributed by atoms with van der Waals surface area (Å²) >= 11 is 1.70. The number of carbonyl (C=O) groups excluding carboxylic acids is 1. The minimum Gasteiger partial charge on any atom is -0.465 e. The number of nitrogens with two attached hydrogens (primary N) is 1. The molecule has 2 N–H and O–H groups in total. The maximum absolute atomic E-state index is 12.2. The molecular weight excluding hydrogens is 368 g/mol. The van der Waals surface area contributed by atoms with Crippen molar-refractivity contribution in [2.45, 2.75) is 12.9 Å². The molecule has 1 rings (SSSR count). The summed E-state index contributed by atoms with van der Waals surface area (Å²) in [6, 6.07) is 1.17. The van der Waals surface area contributed by atoms with E-state index in [1.807, 2.05) is 0 Å². The lowest BCUT2D eigenvalue weighted by atomic mass is 10.2. The standard InChI is InChI=1S/C9H8F3IN2O3/c1-17-8(16)5-2-4(3-14)6(13)15-7(5)18-9(10,11)12/h2H,3,14H2,1H3. The summed E-state index contributed by atoms with van der Waals surface area (Å²) in [5.74, 6) is -1.83. The van der Waals surface area contributed by atoms with Crippen molar-refractivity contribution in [3.63, 3.8) is 0 Å². The smallest absolute Gasteiger partial charge is 0.465 e. The van der Waals surface area contributed by atoms with Gasteiger partial charge in [-0.05, 0) is 34.2 Å². The van der Waals surface area contributed by atoms with E-state index in [2.05, 4.69) is 14.5 Å². The van der Waals surface area contributed by atoms with Crippen molar-refractivity contribution in [3.05, 3.63) is 20.9 Å². The Morgan fingerprint density at radius 3 is 2.61 bits per heavy atom. The minimum absolute atomic E-state index is 0.0293. The quantitative estimate of drug-likeness (QED) is 0.495. The fourth-order valence-corrected chi connectivity index (χ4v) is 1.70. The fourth-order valence-electron chi connectivity index (χ4n) is 1.10. The van der Waals surface area contributed by atoms with Crippen LogP contribution in [0.4, 0.5) is 13.2 Å². The number of halogens is 4. The molecule has 1 heterocycles. The van der Waals surface area contributed by atoms with Gasteiger partial charge in [0.05, 0.1) is 7.11 Å². The number of aromatic nitrogens is 1. The van der Waals surface area contributed by atoms with Crippen molar-refractivity contribution in [3.8, 4) is 5.88 Å². The van der Waals surface area contributed by atoms with E-state index in [1.54, 1.807) is 22.6 Å². The van der Waals surface area contributed by atoms with Gasteiger partial charge in [-0.3, -0.25) is 0 Å². The van der Waals surface area contributed by atoms with E-state index in [-0.39, 0.29) is 10.2 Å².